The SMILES string of the molecule is CC(=O)Oc1ccc2c3c1C[C@@H]1[C@@H]4CC[C@@H](N(CC(C)C)C(=O)C=Cc5cccc(C)c5)[C@H](O2)[C@]34CCN1CCc1ccccc1. The number of benzene rings is 3. The largest absolute Gasteiger partial charge is 0.487 e. The second kappa shape index (κ2) is 12.4. The van der Waals surface area contributed by atoms with Gasteiger partial charge in [0.1, 0.15) is 17.6 Å². The van der Waals surface area contributed by atoms with E-state index in [0.717, 1.165) is 62.1 Å². The van der Waals surface area contributed by atoms with E-state index in [4.69, 9.17) is 9.47 Å². The van der Waals surface area contributed by atoms with Crippen molar-refractivity contribution < 1.29 is 19.1 Å². The van der Waals surface area contributed by atoms with Gasteiger partial charge in [-0.1, -0.05) is 74.0 Å². The molecule has 1 spiro atoms. The minimum absolute atomic E-state index is 0.0413. The molecule has 7 rings (SSSR count). The number of hydrogen-bond donors (Lipinski definition) is 0. The van der Waals surface area contributed by atoms with Gasteiger partial charge >= 0.3 is 5.97 Å². The Morgan fingerprint density at radius 3 is 2.67 bits per heavy atom. The molecule has 6 heteroatoms. The minimum atomic E-state index is -0.298. The molecule has 1 saturated heterocycles. The van der Waals surface area contributed by atoms with Crippen molar-refractivity contribution >= 4 is 18.0 Å². The zero-order chi connectivity index (χ0) is 32.0. The predicted octanol–water partition coefficient (Wildman–Crippen LogP) is 6.77. The summed E-state index contributed by atoms with van der Waals surface area (Å²) in [5, 5.41) is 0. The first-order chi connectivity index (χ1) is 22.2. The molecule has 46 heavy (non-hydrogen) atoms. The molecule has 3 aromatic rings. The molecule has 0 N–H and O–H groups in total. The van der Waals surface area contributed by atoms with Gasteiger partial charge in [0.15, 0.2) is 0 Å². The number of nitrogens with zero attached hydrogens (tertiary/aromatic N) is 2. The number of hydrogen-bond acceptors (Lipinski definition) is 5. The summed E-state index contributed by atoms with van der Waals surface area (Å²) in [6.45, 7) is 10.6. The molecule has 2 bridgehead atoms. The van der Waals surface area contributed by atoms with E-state index in [1.165, 1.54) is 23.6 Å². The van der Waals surface area contributed by atoms with E-state index in [2.05, 4.69) is 73.0 Å². The topological polar surface area (TPSA) is 59.1 Å². The Balaban J connectivity index is 1.25. The van der Waals surface area contributed by atoms with Crippen molar-refractivity contribution in [1.29, 1.82) is 0 Å². The van der Waals surface area contributed by atoms with Crippen LogP contribution in [0.1, 0.15) is 67.9 Å². The van der Waals surface area contributed by atoms with Gasteiger partial charge in [-0.2, -0.15) is 0 Å². The highest BCUT2D eigenvalue weighted by Gasteiger charge is 2.66. The smallest absolute Gasteiger partial charge is 0.308 e. The van der Waals surface area contributed by atoms with Crippen LogP contribution in [0.4, 0.5) is 0 Å². The molecule has 0 aromatic heterocycles. The summed E-state index contributed by atoms with van der Waals surface area (Å²) in [5.74, 6) is 2.06. The molecule has 1 amide bonds. The highest BCUT2D eigenvalue weighted by Crippen LogP contribution is 2.64. The molecule has 2 aliphatic heterocycles. The molecule has 240 valence electrons. The molecule has 2 fully saturated rings. The lowest BCUT2D eigenvalue weighted by Gasteiger charge is -2.60. The van der Waals surface area contributed by atoms with Crippen LogP contribution in [-0.2, 0) is 27.8 Å². The van der Waals surface area contributed by atoms with Crippen molar-refractivity contribution in [3.63, 3.8) is 0 Å². The summed E-state index contributed by atoms with van der Waals surface area (Å²) in [7, 11) is 0. The van der Waals surface area contributed by atoms with Crippen LogP contribution in [0.25, 0.3) is 6.08 Å². The molecule has 0 unspecified atom stereocenters. The summed E-state index contributed by atoms with van der Waals surface area (Å²) in [5.41, 5.74) is 5.72. The number of esters is 1. The molecule has 1 saturated carbocycles. The summed E-state index contributed by atoms with van der Waals surface area (Å²) in [4.78, 5) is 31.1. The van der Waals surface area contributed by atoms with Crippen molar-refractivity contribution in [2.24, 2.45) is 11.8 Å². The molecule has 5 atom stereocenters. The van der Waals surface area contributed by atoms with Gasteiger partial charge in [-0.3, -0.25) is 14.5 Å². The van der Waals surface area contributed by atoms with Crippen LogP contribution in [0.2, 0.25) is 0 Å². The molecule has 0 radical (unpaired) electrons. The van der Waals surface area contributed by atoms with Crippen molar-refractivity contribution in [3.05, 3.63) is 101 Å². The van der Waals surface area contributed by atoms with E-state index in [1.54, 1.807) is 6.08 Å². The van der Waals surface area contributed by atoms with Crippen LogP contribution < -0.4 is 9.47 Å². The number of ether oxygens (including phenoxy) is 2. The predicted molar refractivity (Wildman–Crippen MR) is 181 cm³/mol. The summed E-state index contributed by atoms with van der Waals surface area (Å²) < 4.78 is 12.9. The maximum atomic E-state index is 14.1. The fraction of sp³-hybridized carbons (Fsp3) is 0.450. The zero-order valence-electron chi connectivity index (χ0n) is 27.6. The normalized spacial score (nSPS) is 26.1. The second-order valence-corrected chi connectivity index (χ2v) is 14.3. The van der Waals surface area contributed by atoms with Crippen molar-refractivity contribution in [2.75, 3.05) is 19.6 Å². The minimum Gasteiger partial charge on any atom is -0.487 e. The van der Waals surface area contributed by atoms with Crippen LogP contribution in [0.3, 0.4) is 0 Å². The summed E-state index contributed by atoms with van der Waals surface area (Å²) in [6.07, 6.45) is 8.34. The average molecular weight is 619 g/mol. The lowest BCUT2D eigenvalue weighted by molar-refractivity contribution is -0.138. The third kappa shape index (κ3) is 5.45. The van der Waals surface area contributed by atoms with Gasteiger partial charge in [0.25, 0.3) is 0 Å². The van der Waals surface area contributed by atoms with Crippen LogP contribution in [0, 0.1) is 18.8 Å². The Morgan fingerprint density at radius 2 is 1.91 bits per heavy atom. The summed E-state index contributed by atoms with van der Waals surface area (Å²) >= 11 is 0. The number of likely N-dealkylation sites (tertiary alicyclic amines) is 1. The maximum Gasteiger partial charge on any atom is 0.308 e. The molecular formula is C40H46N2O4. The van der Waals surface area contributed by atoms with Crippen molar-refractivity contribution in [2.45, 2.75) is 83.4 Å². The fourth-order valence-electron chi connectivity index (χ4n) is 9.18. The summed E-state index contributed by atoms with van der Waals surface area (Å²) in [6, 6.07) is 23.2. The van der Waals surface area contributed by atoms with Crippen LogP contribution in [0.5, 0.6) is 11.5 Å². The fourth-order valence-corrected chi connectivity index (χ4v) is 9.18. The number of piperidine rings is 1. The van der Waals surface area contributed by atoms with Crippen LogP contribution >= 0.6 is 0 Å². The Morgan fingerprint density at radius 1 is 1.09 bits per heavy atom. The van der Waals surface area contributed by atoms with E-state index in [-0.39, 0.29) is 29.4 Å². The Hall–Kier alpha value is -3.90. The van der Waals surface area contributed by atoms with E-state index in [0.29, 0.717) is 30.2 Å². The zero-order valence-corrected chi connectivity index (χ0v) is 27.6. The average Bonchev–Trinajstić information content (AvgIpc) is 3.37. The standard InChI is InChI=1S/C40H46N2O4/c1-26(2)25-42(37(44)18-13-30-12-8-9-27(3)23-30)33-15-14-32-34-24-31-35(45-28(4)43)16-17-36-38(31)40(32,39(33)46-36)20-22-41(34)21-19-29-10-6-5-7-11-29/h5-13,16-18,23,26,32-34,39H,14-15,19-22,24-25H2,1-4H3/t32-,33+,34+,39-,40-/m0/s1. The van der Waals surface area contributed by atoms with Crippen LogP contribution in [0.15, 0.2) is 72.8 Å². The van der Waals surface area contributed by atoms with Gasteiger partial charge in [-0.25, -0.2) is 0 Å². The van der Waals surface area contributed by atoms with E-state index in [9.17, 15) is 9.59 Å². The highest BCUT2D eigenvalue weighted by atomic mass is 16.5. The van der Waals surface area contributed by atoms with E-state index < -0.39 is 0 Å². The molecule has 2 aliphatic carbocycles. The van der Waals surface area contributed by atoms with Gasteiger partial charge in [0.05, 0.1) is 6.04 Å². The molecular weight excluding hydrogens is 572 g/mol. The number of carbonyl (C=O) groups is 2. The highest BCUT2D eigenvalue weighted by molar-refractivity contribution is 5.92. The van der Waals surface area contributed by atoms with Gasteiger partial charge in [0.2, 0.25) is 5.91 Å². The van der Waals surface area contributed by atoms with Gasteiger partial charge in [-0.05, 0) is 86.7 Å². The van der Waals surface area contributed by atoms with Crippen molar-refractivity contribution in [1.82, 2.24) is 9.80 Å². The molecule has 2 heterocycles. The van der Waals surface area contributed by atoms with Crippen molar-refractivity contribution in [3.8, 4) is 11.5 Å². The maximum absolute atomic E-state index is 14.1. The Bertz CT molecular complexity index is 1650. The van der Waals surface area contributed by atoms with Crippen LogP contribution in [-0.4, -0.2) is 59.5 Å². The number of aryl methyl sites for hydroxylation is 1. The lowest BCUT2D eigenvalue weighted by Crippen LogP contribution is -2.69. The first-order valence-corrected chi connectivity index (χ1v) is 17.1. The first-order valence-electron chi connectivity index (χ1n) is 17.1. The number of rotatable bonds is 9. The molecule has 4 aliphatic rings. The monoisotopic (exact) mass is 618 g/mol. The molecule has 6 nitrogen and oxygen atoms in total. The Kier molecular flexibility index (Phi) is 8.26. The second-order valence-electron chi connectivity index (χ2n) is 14.3. The van der Waals surface area contributed by atoms with Gasteiger partial charge in [-0.15, -0.1) is 0 Å². The van der Waals surface area contributed by atoms with Gasteiger partial charge < -0.3 is 14.4 Å². The molecule has 3 aromatic carbocycles. The quantitative estimate of drug-likeness (QED) is 0.151. The van der Waals surface area contributed by atoms with E-state index in [1.807, 2.05) is 30.3 Å². The number of carbonyl (C=O) groups excluding carboxylic acids is 2. The first kappa shape index (κ1) is 30.7. The Labute approximate surface area is 273 Å². The third-order valence-electron chi connectivity index (χ3n) is 10.9. The lowest BCUT2D eigenvalue weighted by atomic mass is 9.50. The van der Waals surface area contributed by atoms with Gasteiger partial charge in [0, 0.05) is 48.7 Å². The third-order valence-corrected chi connectivity index (χ3v) is 10.9. The number of amides is 1. The van der Waals surface area contributed by atoms with E-state index >= 15 is 0 Å².